The third kappa shape index (κ3) is 3.16. The molecule has 8 heteroatoms. The van der Waals surface area contributed by atoms with Gasteiger partial charge in [0.2, 0.25) is 11.7 Å². The Kier molecular flexibility index (Phi) is 3.50. The van der Waals surface area contributed by atoms with Gasteiger partial charge in [0.1, 0.15) is 18.1 Å². The van der Waals surface area contributed by atoms with E-state index in [-0.39, 0.29) is 12.5 Å². The van der Waals surface area contributed by atoms with Crippen molar-refractivity contribution in [2.45, 2.75) is 20.0 Å². The highest BCUT2D eigenvalue weighted by Gasteiger charge is 2.12. The Morgan fingerprint density at radius 3 is 3.00 bits per heavy atom. The van der Waals surface area contributed by atoms with Crippen LogP contribution in [0.3, 0.4) is 0 Å². The summed E-state index contributed by atoms with van der Waals surface area (Å²) in [5.74, 6) is 2.09. The van der Waals surface area contributed by atoms with Gasteiger partial charge in [0.15, 0.2) is 5.76 Å². The SMILES string of the molecule is Cc1ccc(-c2nnn(CC(=O)NCc3ccco3)n2)o1. The Morgan fingerprint density at radius 1 is 1.38 bits per heavy atom. The number of nitrogens with one attached hydrogen (secondary N) is 1. The number of amides is 1. The molecule has 3 aromatic heterocycles. The highest BCUT2D eigenvalue weighted by molar-refractivity contribution is 5.75. The van der Waals surface area contributed by atoms with E-state index in [0.29, 0.717) is 23.9 Å². The number of nitrogens with zero attached hydrogens (tertiary/aromatic N) is 4. The van der Waals surface area contributed by atoms with E-state index in [1.54, 1.807) is 24.5 Å². The topological polar surface area (TPSA) is 99.0 Å². The van der Waals surface area contributed by atoms with Crippen LogP contribution in [0.25, 0.3) is 11.6 Å². The molecule has 21 heavy (non-hydrogen) atoms. The van der Waals surface area contributed by atoms with Crippen LogP contribution in [0.4, 0.5) is 0 Å². The molecule has 0 aliphatic heterocycles. The zero-order valence-corrected chi connectivity index (χ0v) is 11.3. The zero-order chi connectivity index (χ0) is 14.7. The third-order valence-corrected chi connectivity index (χ3v) is 2.74. The maximum absolute atomic E-state index is 11.8. The van der Waals surface area contributed by atoms with Crippen molar-refractivity contribution in [2.75, 3.05) is 0 Å². The number of furan rings is 2. The van der Waals surface area contributed by atoms with Crippen LogP contribution in [0.2, 0.25) is 0 Å². The van der Waals surface area contributed by atoms with Crippen LogP contribution in [0.15, 0.2) is 39.4 Å². The van der Waals surface area contributed by atoms with Gasteiger partial charge in [-0.25, -0.2) is 0 Å². The van der Waals surface area contributed by atoms with E-state index in [1.807, 2.05) is 13.0 Å². The average molecular weight is 287 g/mol. The number of carbonyl (C=O) groups excluding carboxylic acids is 1. The van der Waals surface area contributed by atoms with Crippen molar-refractivity contribution in [3.05, 3.63) is 42.0 Å². The molecular formula is C13H13N5O3. The molecule has 8 nitrogen and oxygen atoms in total. The van der Waals surface area contributed by atoms with Crippen molar-refractivity contribution < 1.29 is 13.6 Å². The molecule has 0 bridgehead atoms. The van der Waals surface area contributed by atoms with Crippen LogP contribution in [-0.2, 0) is 17.9 Å². The first-order valence-corrected chi connectivity index (χ1v) is 6.34. The number of carbonyl (C=O) groups is 1. The van der Waals surface area contributed by atoms with Gasteiger partial charge in [0.05, 0.1) is 12.8 Å². The highest BCUT2D eigenvalue weighted by Crippen LogP contribution is 2.16. The second-order valence-electron chi connectivity index (χ2n) is 4.41. The highest BCUT2D eigenvalue weighted by atomic mass is 16.3. The summed E-state index contributed by atoms with van der Waals surface area (Å²) < 4.78 is 10.5. The van der Waals surface area contributed by atoms with Gasteiger partial charge in [0.25, 0.3) is 0 Å². The molecule has 1 N–H and O–H groups in total. The van der Waals surface area contributed by atoms with Gasteiger partial charge in [-0.1, -0.05) is 0 Å². The number of aryl methyl sites for hydroxylation is 1. The van der Waals surface area contributed by atoms with Crippen molar-refractivity contribution in [1.82, 2.24) is 25.5 Å². The zero-order valence-electron chi connectivity index (χ0n) is 11.3. The molecule has 3 rings (SSSR count). The largest absolute Gasteiger partial charge is 0.467 e. The van der Waals surface area contributed by atoms with Crippen LogP contribution in [0.1, 0.15) is 11.5 Å². The number of aromatic nitrogens is 4. The molecule has 0 saturated heterocycles. The Balaban J connectivity index is 1.58. The first kappa shape index (κ1) is 13.1. The Morgan fingerprint density at radius 2 is 2.29 bits per heavy atom. The lowest BCUT2D eigenvalue weighted by Crippen LogP contribution is -2.27. The predicted molar refractivity (Wildman–Crippen MR) is 70.8 cm³/mol. The van der Waals surface area contributed by atoms with Crippen LogP contribution >= 0.6 is 0 Å². The fourth-order valence-electron chi connectivity index (χ4n) is 1.75. The van der Waals surface area contributed by atoms with Crippen molar-refractivity contribution in [2.24, 2.45) is 0 Å². The monoisotopic (exact) mass is 287 g/mol. The van der Waals surface area contributed by atoms with Crippen molar-refractivity contribution in [3.8, 4) is 11.6 Å². The molecule has 3 aromatic rings. The summed E-state index contributed by atoms with van der Waals surface area (Å²) in [5.41, 5.74) is 0. The first-order valence-electron chi connectivity index (χ1n) is 6.34. The van der Waals surface area contributed by atoms with Crippen LogP contribution < -0.4 is 5.32 Å². The van der Waals surface area contributed by atoms with Crippen molar-refractivity contribution in [3.63, 3.8) is 0 Å². The van der Waals surface area contributed by atoms with E-state index in [4.69, 9.17) is 8.83 Å². The summed E-state index contributed by atoms with van der Waals surface area (Å²) in [6.07, 6.45) is 1.55. The maximum atomic E-state index is 11.8. The van der Waals surface area contributed by atoms with Gasteiger partial charge in [-0.3, -0.25) is 4.79 Å². The van der Waals surface area contributed by atoms with Gasteiger partial charge < -0.3 is 14.2 Å². The van der Waals surface area contributed by atoms with E-state index in [2.05, 4.69) is 20.7 Å². The van der Waals surface area contributed by atoms with E-state index in [1.165, 1.54) is 4.80 Å². The van der Waals surface area contributed by atoms with Crippen LogP contribution in [0.5, 0.6) is 0 Å². The molecule has 0 atom stereocenters. The number of hydrogen-bond donors (Lipinski definition) is 1. The number of hydrogen-bond acceptors (Lipinski definition) is 6. The van der Waals surface area contributed by atoms with E-state index < -0.39 is 0 Å². The van der Waals surface area contributed by atoms with Gasteiger partial charge >= 0.3 is 0 Å². The summed E-state index contributed by atoms with van der Waals surface area (Å²) in [7, 11) is 0. The summed E-state index contributed by atoms with van der Waals surface area (Å²) >= 11 is 0. The second-order valence-corrected chi connectivity index (χ2v) is 4.41. The lowest BCUT2D eigenvalue weighted by molar-refractivity contribution is -0.122. The Hall–Kier alpha value is -2.90. The standard InChI is InChI=1S/C13H13N5O3/c1-9-4-5-11(21-9)13-15-17-18(16-13)8-12(19)14-7-10-3-2-6-20-10/h2-6H,7-8H2,1H3,(H,14,19). The average Bonchev–Trinajstić information content (AvgIpc) is 3.17. The molecule has 0 aromatic carbocycles. The maximum Gasteiger partial charge on any atom is 0.244 e. The molecule has 0 aliphatic carbocycles. The minimum absolute atomic E-state index is 0.0204. The summed E-state index contributed by atoms with van der Waals surface area (Å²) in [5, 5.41) is 14.5. The molecule has 108 valence electrons. The van der Waals surface area contributed by atoms with Gasteiger partial charge in [0, 0.05) is 0 Å². The number of rotatable bonds is 5. The lowest BCUT2D eigenvalue weighted by Gasteiger charge is -2.01. The van der Waals surface area contributed by atoms with Gasteiger partial charge in [-0.05, 0) is 36.4 Å². The lowest BCUT2D eigenvalue weighted by atomic mass is 10.4. The van der Waals surface area contributed by atoms with Gasteiger partial charge in [-0.2, -0.15) is 4.80 Å². The fourth-order valence-corrected chi connectivity index (χ4v) is 1.75. The molecule has 0 saturated carbocycles. The smallest absolute Gasteiger partial charge is 0.244 e. The molecule has 0 spiro atoms. The second kappa shape index (κ2) is 5.61. The van der Waals surface area contributed by atoms with Gasteiger partial charge in [-0.15, -0.1) is 10.2 Å². The summed E-state index contributed by atoms with van der Waals surface area (Å²) in [6, 6.07) is 7.11. The minimum Gasteiger partial charge on any atom is -0.467 e. The fraction of sp³-hybridized carbons (Fsp3) is 0.231. The van der Waals surface area contributed by atoms with Crippen molar-refractivity contribution >= 4 is 5.91 Å². The third-order valence-electron chi connectivity index (χ3n) is 2.74. The molecule has 1 amide bonds. The van der Waals surface area contributed by atoms with E-state index in [9.17, 15) is 4.79 Å². The molecule has 0 fully saturated rings. The number of tetrazole rings is 1. The van der Waals surface area contributed by atoms with E-state index in [0.717, 1.165) is 5.76 Å². The van der Waals surface area contributed by atoms with Crippen molar-refractivity contribution in [1.29, 1.82) is 0 Å². The molecular weight excluding hydrogens is 274 g/mol. The van der Waals surface area contributed by atoms with Crippen LogP contribution in [0, 0.1) is 6.92 Å². The summed E-state index contributed by atoms with van der Waals surface area (Å²) in [4.78, 5) is 13.0. The minimum atomic E-state index is -0.231. The Bertz CT molecular complexity index is 729. The molecule has 3 heterocycles. The molecule has 0 unspecified atom stereocenters. The predicted octanol–water partition coefficient (Wildman–Crippen LogP) is 1.15. The Labute approximate surface area is 119 Å². The van der Waals surface area contributed by atoms with Crippen LogP contribution in [-0.4, -0.2) is 26.1 Å². The normalized spacial score (nSPS) is 10.7. The molecule has 0 radical (unpaired) electrons. The van der Waals surface area contributed by atoms with E-state index >= 15 is 0 Å². The quantitative estimate of drug-likeness (QED) is 0.755. The summed E-state index contributed by atoms with van der Waals surface area (Å²) in [6.45, 7) is 2.13. The molecule has 0 aliphatic rings. The first-order chi connectivity index (χ1) is 10.2.